The van der Waals surface area contributed by atoms with Crippen molar-refractivity contribution in [1.29, 1.82) is 0 Å². The summed E-state index contributed by atoms with van der Waals surface area (Å²) in [7, 11) is 1.70. The second-order valence-electron chi connectivity index (χ2n) is 7.65. The molecule has 28 heavy (non-hydrogen) atoms. The predicted octanol–water partition coefficient (Wildman–Crippen LogP) is 1.89. The summed E-state index contributed by atoms with van der Waals surface area (Å²) in [5, 5.41) is 12.6. The van der Waals surface area contributed by atoms with Gasteiger partial charge in [-0.25, -0.2) is 0 Å². The lowest BCUT2D eigenvalue weighted by Gasteiger charge is -2.30. The molecule has 2 aromatic rings. The van der Waals surface area contributed by atoms with E-state index in [1.807, 2.05) is 12.1 Å². The van der Waals surface area contributed by atoms with Crippen molar-refractivity contribution in [2.45, 2.75) is 44.9 Å². The first-order valence-corrected chi connectivity index (χ1v) is 10.2. The summed E-state index contributed by atoms with van der Waals surface area (Å²) in [6, 6.07) is 4.33. The molecule has 0 amide bonds. The third-order valence-corrected chi connectivity index (χ3v) is 5.82. The van der Waals surface area contributed by atoms with Crippen molar-refractivity contribution in [3.63, 3.8) is 0 Å². The maximum Gasteiger partial charge on any atom is 0.165 e. The van der Waals surface area contributed by atoms with Gasteiger partial charge in [-0.2, -0.15) is 0 Å². The van der Waals surface area contributed by atoms with Crippen LogP contribution in [0.25, 0.3) is 0 Å². The summed E-state index contributed by atoms with van der Waals surface area (Å²) in [6.45, 7) is 5.69. The number of ether oxygens (including phenoxy) is 3. The largest absolute Gasteiger partial charge is 0.496 e. The molecule has 3 aliphatic rings. The number of benzene rings is 1. The Morgan fingerprint density at radius 3 is 2.79 bits per heavy atom. The van der Waals surface area contributed by atoms with Gasteiger partial charge < -0.3 is 24.1 Å². The minimum atomic E-state index is 0.347. The molecule has 3 aliphatic heterocycles. The second kappa shape index (κ2) is 7.60. The van der Waals surface area contributed by atoms with Crippen molar-refractivity contribution < 1.29 is 14.2 Å². The quantitative estimate of drug-likeness (QED) is 0.861. The van der Waals surface area contributed by atoms with E-state index in [1.165, 1.54) is 12.8 Å². The van der Waals surface area contributed by atoms with Crippen LogP contribution in [0.2, 0.25) is 0 Å². The fourth-order valence-corrected chi connectivity index (χ4v) is 4.36. The lowest BCUT2D eigenvalue weighted by molar-refractivity contribution is 0.169. The van der Waals surface area contributed by atoms with Gasteiger partial charge in [-0.15, -0.1) is 10.2 Å². The molecular weight excluding hydrogens is 358 g/mol. The van der Waals surface area contributed by atoms with Crippen LogP contribution in [0.4, 0.5) is 0 Å². The summed E-state index contributed by atoms with van der Waals surface area (Å²) in [6.07, 6.45) is 3.66. The number of methoxy groups -OCH3 is 1. The van der Waals surface area contributed by atoms with Crippen LogP contribution >= 0.6 is 0 Å². The fraction of sp³-hybridized carbons (Fsp3) is 0.600. The molecule has 1 atom stereocenters. The van der Waals surface area contributed by atoms with Gasteiger partial charge in [0.25, 0.3) is 0 Å². The van der Waals surface area contributed by atoms with Gasteiger partial charge in [0.05, 0.1) is 19.7 Å². The van der Waals surface area contributed by atoms with Gasteiger partial charge in [0.1, 0.15) is 30.6 Å². The average molecular weight is 385 g/mol. The van der Waals surface area contributed by atoms with Gasteiger partial charge in [-0.05, 0) is 25.5 Å². The monoisotopic (exact) mass is 385 g/mol. The van der Waals surface area contributed by atoms with E-state index in [-0.39, 0.29) is 0 Å². The predicted molar refractivity (Wildman–Crippen MR) is 103 cm³/mol. The van der Waals surface area contributed by atoms with E-state index in [4.69, 9.17) is 14.2 Å². The van der Waals surface area contributed by atoms with Crippen LogP contribution in [-0.4, -0.2) is 53.1 Å². The summed E-state index contributed by atoms with van der Waals surface area (Å²) < 4.78 is 19.3. The first-order chi connectivity index (χ1) is 13.8. The first kappa shape index (κ1) is 17.8. The zero-order valence-corrected chi connectivity index (χ0v) is 16.3. The molecule has 0 saturated carbocycles. The maximum atomic E-state index is 5.75. The van der Waals surface area contributed by atoms with Crippen molar-refractivity contribution in [2.24, 2.45) is 0 Å². The Kier molecular flexibility index (Phi) is 4.82. The van der Waals surface area contributed by atoms with Crippen molar-refractivity contribution in [1.82, 2.24) is 25.0 Å². The molecule has 1 N–H and O–H groups in total. The third-order valence-electron chi connectivity index (χ3n) is 5.82. The molecule has 0 unspecified atom stereocenters. The molecule has 1 aromatic heterocycles. The number of hydrogen-bond acceptors (Lipinski definition) is 7. The fourth-order valence-electron chi connectivity index (χ4n) is 4.36. The van der Waals surface area contributed by atoms with Crippen molar-refractivity contribution in [2.75, 3.05) is 33.4 Å². The summed E-state index contributed by atoms with van der Waals surface area (Å²) in [5.74, 6) is 4.54. The van der Waals surface area contributed by atoms with Crippen molar-refractivity contribution in [3.8, 4) is 17.2 Å². The van der Waals surface area contributed by atoms with Gasteiger partial charge in [0.15, 0.2) is 11.5 Å². The lowest BCUT2D eigenvalue weighted by Crippen LogP contribution is -2.36. The highest BCUT2D eigenvalue weighted by Gasteiger charge is 2.27. The molecule has 1 saturated heterocycles. The van der Waals surface area contributed by atoms with E-state index in [9.17, 15) is 0 Å². The summed E-state index contributed by atoms with van der Waals surface area (Å²) in [4.78, 5) is 2.38. The smallest absolute Gasteiger partial charge is 0.165 e. The van der Waals surface area contributed by atoms with Crippen LogP contribution < -0.4 is 19.5 Å². The average Bonchev–Trinajstić information content (AvgIpc) is 3.17. The third kappa shape index (κ3) is 3.31. The summed E-state index contributed by atoms with van der Waals surface area (Å²) >= 11 is 0. The molecular formula is C20H27N5O3. The maximum absolute atomic E-state index is 5.75. The van der Waals surface area contributed by atoms with Gasteiger partial charge >= 0.3 is 0 Å². The topological polar surface area (TPSA) is 73.7 Å². The summed E-state index contributed by atoms with van der Waals surface area (Å²) in [5.41, 5.74) is 1.11. The Hall–Kier alpha value is -2.32. The molecule has 0 bridgehead atoms. The van der Waals surface area contributed by atoms with E-state index in [0.717, 1.165) is 73.6 Å². The molecule has 150 valence electrons. The van der Waals surface area contributed by atoms with E-state index < -0.39 is 0 Å². The van der Waals surface area contributed by atoms with Gasteiger partial charge in [-0.1, -0.05) is 6.42 Å². The highest BCUT2D eigenvalue weighted by Crippen LogP contribution is 2.37. The minimum absolute atomic E-state index is 0.347. The number of nitrogens with zero attached hydrogens (tertiary/aromatic N) is 4. The molecule has 0 aliphatic carbocycles. The highest BCUT2D eigenvalue weighted by molar-refractivity contribution is 5.51. The lowest BCUT2D eigenvalue weighted by atomic mass is 10.0. The Morgan fingerprint density at radius 1 is 1.14 bits per heavy atom. The Labute approximate surface area is 164 Å². The van der Waals surface area contributed by atoms with Crippen LogP contribution in [0.3, 0.4) is 0 Å². The van der Waals surface area contributed by atoms with Crippen LogP contribution in [0.1, 0.15) is 42.5 Å². The Balaban J connectivity index is 1.33. The number of fused-ring (bicyclic) bond motifs is 2. The number of piperidine rings is 1. The van der Waals surface area contributed by atoms with Crippen LogP contribution in [0.5, 0.6) is 17.2 Å². The molecule has 8 nitrogen and oxygen atoms in total. The molecule has 5 rings (SSSR count). The molecule has 0 radical (unpaired) electrons. The minimum Gasteiger partial charge on any atom is -0.496 e. The van der Waals surface area contributed by atoms with Gasteiger partial charge in [-0.3, -0.25) is 4.90 Å². The van der Waals surface area contributed by atoms with Crippen molar-refractivity contribution >= 4 is 0 Å². The molecule has 4 heterocycles. The van der Waals surface area contributed by atoms with Crippen LogP contribution in [-0.2, 0) is 19.6 Å². The number of nitrogens with one attached hydrogen (secondary N) is 1. The Morgan fingerprint density at radius 2 is 2.00 bits per heavy atom. The standard InChI is InChI=1S/C20H27N5O3/c1-26-16-11-18-17(27-8-9-28-18)10-14(16)12-24-6-7-25-19(13-24)22-23-20(25)15-4-2-3-5-21-15/h10-11,15,21H,2-9,12-13H2,1H3/t15-/m0/s1. The van der Waals surface area contributed by atoms with Crippen LogP contribution in [0.15, 0.2) is 12.1 Å². The van der Waals surface area contributed by atoms with E-state index >= 15 is 0 Å². The number of hydrogen-bond donors (Lipinski definition) is 1. The second-order valence-corrected chi connectivity index (χ2v) is 7.65. The zero-order chi connectivity index (χ0) is 18.9. The van der Waals surface area contributed by atoms with E-state index in [2.05, 4.69) is 25.0 Å². The Bertz CT molecular complexity index is 847. The van der Waals surface area contributed by atoms with E-state index in [0.29, 0.717) is 19.3 Å². The van der Waals surface area contributed by atoms with Gasteiger partial charge in [0.2, 0.25) is 0 Å². The van der Waals surface area contributed by atoms with Crippen LogP contribution in [0, 0.1) is 0 Å². The molecule has 1 aromatic carbocycles. The normalized spacial score (nSPS) is 22.0. The van der Waals surface area contributed by atoms with Gasteiger partial charge in [0, 0.05) is 31.3 Å². The molecule has 8 heteroatoms. The SMILES string of the molecule is COc1cc2c(cc1CN1CCn3c(nnc3[C@@H]3CCCCN3)C1)OCCO2. The first-order valence-electron chi connectivity index (χ1n) is 10.2. The highest BCUT2D eigenvalue weighted by atomic mass is 16.6. The van der Waals surface area contributed by atoms with Crippen molar-refractivity contribution in [3.05, 3.63) is 29.3 Å². The number of aromatic nitrogens is 3. The molecule has 1 fully saturated rings. The zero-order valence-electron chi connectivity index (χ0n) is 16.3. The van der Waals surface area contributed by atoms with E-state index in [1.54, 1.807) is 7.11 Å². The molecule has 0 spiro atoms. The number of rotatable bonds is 4.